The molecule has 2 fully saturated rings. The molecule has 35 heavy (non-hydrogen) atoms. The Morgan fingerprint density at radius 2 is 2.00 bits per heavy atom. The molecule has 1 aliphatic heterocycles. The van der Waals surface area contributed by atoms with Crippen molar-refractivity contribution < 1.29 is 14.4 Å². The van der Waals surface area contributed by atoms with Gasteiger partial charge in [0.05, 0.1) is 5.52 Å². The topological polar surface area (TPSA) is 97.2 Å². The average molecular weight is 556 g/mol. The smallest absolute Gasteiger partial charge is 0.248 e. The summed E-state index contributed by atoms with van der Waals surface area (Å²) in [5.41, 5.74) is 1.91. The van der Waals surface area contributed by atoms with E-state index >= 15 is 0 Å². The lowest BCUT2D eigenvalue weighted by atomic mass is 10.0. The quantitative estimate of drug-likeness (QED) is 0.274. The van der Waals surface area contributed by atoms with E-state index in [2.05, 4.69) is 38.3 Å². The van der Waals surface area contributed by atoms with Gasteiger partial charge in [0.15, 0.2) is 5.78 Å². The van der Waals surface area contributed by atoms with Crippen molar-refractivity contribution in [2.75, 3.05) is 11.6 Å². The highest BCUT2D eigenvalue weighted by molar-refractivity contribution is 9.10. The number of para-hydroxylation sites is 1. The number of benzene rings is 1. The number of ketones is 1. The fourth-order valence-electron chi connectivity index (χ4n) is 5.14. The van der Waals surface area contributed by atoms with Crippen LogP contribution in [0.3, 0.4) is 0 Å². The van der Waals surface area contributed by atoms with Crippen LogP contribution >= 0.6 is 27.7 Å². The van der Waals surface area contributed by atoms with Crippen LogP contribution in [0.1, 0.15) is 42.7 Å². The number of hydrogen-bond acceptors (Lipinski definition) is 6. The first kappa shape index (κ1) is 24.0. The maximum Gasteiger partial charge on any atom is 0.248 e. The molecule has 2 aromatic heterocycles. The van der Waals surface area contributed by atoms with Crippen molar-refractivity contribution in [2.24, 2.45) is 5.41 Å². The molecule has 3 heterocycles. The predicted octanol–water partition coefficient (Wildman–Crippen LogP) is 4.44. The first-order valence-electron chi connectivity index (χ1n) is 11.4. The first-order valence-corrected chi connectivity index (χ1v) is 13.4. The van der Waals surface area contributed by atoms with Gasteiger partial charge in [0.2, 0.25) is 11.8 Å². The minimum Gasteiger partial charge on any atom is -0.325 e. The Morgan fingerprint density at radius 1 is 1.23 bits per heavy atom. The predicted molar refractivity (Wildman–Crippen MR) is 139 cm³/mol. The minimum absolute atomic E-state index is 0.0245. The number of nitrogens with one attached hydrogen (secondary N) is 1. The van der Waals surface area contributed by atoms with Gasteiger partial charge in [-0.3, -0.25) is 19.1 Å². The monoisotopic (exact) mass is 555 g/mol. The van der Waals surface area contributed by atoms with Gasteiger partial charge in [-0.2, -0.15) is 5.10 Å². The molecular formula is C25H26BrN5O3S. The molecule has 2 amide bonds. The Balaban J connectivity index is 1.45. The molecule has 10 heteroatoms. The van der Waals surface area contributed by atoms with Crippen molar-refractivity contribution in [3.05, 3.63) is 46.2 Å². The third-order valence-corrected chi connectivity index (χ3v) is 8.31. The van der Waals surface area contributed by atoms with Gasteiger partial charge in [0.1, 0.15) is 28.7 Å². The molecule has 1 saturated heterocycles. The second kappa shape index (κ2) is 8.74. The van der Waals surface area contributed by atoms with Crippen molar-refractivity contribution in [3.63, 3.8) is 0 Å². The Morgan fingerprint density at radius 3 is 2.71 bits per heavy atom. The highest BCUT2D eigenvalue weighted by Crippen LogP contribution is 2.59. The van der Waals surface area contributed by atoms with Gasteiger partial charge in [-0.05, 0) is 65.1 Å². The van der Waals surface area contributed by atoms with Crippen molar-refractivity contribution in [3.8, 4) is 0 Å². The molecule has 3 atom stereocenters. The standard InChI is InChI=1S/C25H26BrN5O3S/c1-13-8-9-19(26)27-23(13)28-24(34)16-10-25(3)11-18(25)31(16)20(33)12-30-22-15(21(29-30)14(2)32)6-5-7-17(22)35-4/h5-9,16,18H,10-12H2,1-4H3,(H,27,28,34)/t16-,18+,25-/m0/s1. The SMILES string of the molecule is CSc1cccc2c(C(C)=O)nn(CC(=O)N3[C@H](C(=O)Nc4nc(Br)ccc4C)C[C@@]4(C)C[C@@H]34)c12. The maximum atomic E-state index is 13.7. The van der Waals surface area contributed by atoms with Crippen LogP contribution in [-0.4, -0.2) is 55.6 Å². The number of Topliss-reactive ketones (excluding diaryl/α,β-unsaturated/α-hetero) is 1. The number of piperidine rings is 1. The van der Waals surface area contributed by atoms with Gasteiger partial charge >= 0.3 is 0 Å². The zero-order valence-electron chi connectivity index (χ0n) is 20.0. The lowest BCUT2D eigenvalue weighted by Gasteiger charge is -2.27. The van der Waals surface area contributed by atoms with E-state index in [0.717, 1.165) is 27.8 Å². The van der Waals surface area contributed by atoms with Crippen LogP contribution in [0, 0.1) is 12.3 Å². The van der Waals surface area contributed by atoms with E-state index in [0.29, 0.717) is 22.5 Å². The summed E-state index contributed by atoms with van der Waals surface area (Å²) in [5.74, 6) is -0.0773. The van der Waals surface area contributed by atoms with Crippen LogP contribution in [0.25, 0.3) is 10.9 Å². The summed E-state index contributed by atoms with van der Waals surface area (Å²) in [5, 5.41) is 8.17. The van der Waals surface area contributed by atoms with E-state index < -0.39 is 6.04 Å². The van der Waals surface area contributed by atoms with E-state index in [-0.39, 0.29) is 35.6 Å². The lowest BCUT2D eigenvalue weighted by molar-refractivity contribution is -0.138. The second-order valence-corrected chi connectivity index (χ2v) is 11.3. The van der Waals surface area contributed by atoms with Crippen LogP contribution in [0.4, 0.5) is 5.82 Å². The molecule has 0 radical (unpaired) electrons. The summed E-state index contributed by atoms with van der Waals surface area (Å²) < 4.78 is 2.25. The number of aromatic nitrogens is 3. The number of thioether (sulfide) groups is 1. The number of likely N-dealkylation sites (tertiary alicyclic amines) is 1. The highest BCUT2D eigenvalue weighted by Gasteiger charge is 2.64. The number of carbonyl (C=O) groups is 3. The fraction of sp³-hybridized carbons (Fsp3) is 0.400. The van der Waals surface area contributed by atoms with Gasteiger partial charge in [-0.15, -0.1) is 11.8 Å². The molecule has 0 spiro atoms. The van der Waals surface area contributed by atoms with Crippen molar-refractivity contribution in [2.45, 2.75) is 57.1 Å². The van der Waals surface area contributed by atoms with Gasteiger partial charge in [0, 0.05) is 23.2 Å². The number of anilines is 1. The number of pyridine rings is 1. The number of hydrogen-bond donors (Lipinski definition) is 1. The molecule has 1 aliphatic carbocycles. The van der Waals surface area contributed by atoms with E-state index in [1.54, 1.807) is 21.3 Å². The number of nitrogens with zero attached hydrogens (tertiary/aromatic N) is 4. The van der Waals surface area contributed by atoms with Crippen LogP contribution in [-0.2, 0) is 16.1 Å². The van der Waals surface area contributed by atoms with Crippen LogP contribution in [0.15, 0.2) is 39.8 Å². The molecule has 182 valence electrons. The summed E-state index contributed by atoms with van der Waals surface area (Å²) in [6, 6.07) is 8.84. The minimum atomic E-state index is -0.583. The van der Waals surface area contributed by atoms with Crippen LogP contribution < -0.4 is 5.32 Å². The molecule has 1 saturated carbocycles. The van der Waals surface area contributed by atoms with Gasteiger partial charge in [0.25, 0.3) is 0 Å². The normalized spacial score (nSPS) is 22.8. The Bertz CT molecular complexity index is 1390. The Labute approximate surface area is 216 Å². The lowest BCUT2D eigenvalue weighted by Crippen LogP contribution is -2.47. The highest BCUT2D eigenvalue weighted by atomic mass is 79.9. The Kier molecular flexibility index (Phi) is 5.99. The molecule has 1 aromatic carbocycles. The fourth-order valence-corrected chi connectivity index (χ4v) is 6.08. The molecule has 5 rings (SSSR count). The van der Waals surface area contributed by atoms with Gasteiger partial charge in [-0.1, -0.05) is 25.1 Å². The van der Waals surface area contributed by atoms with Crippen molar-refractivity contribution >= 4 is 62.0 Å². The van der Waals surface area contributed by atoms with Crippen LogP contribution in [0.5, 0.6) is 0 Å². The summed E-state index contributed by atoms with van der Waals surface area (Å²) in [6.45, 7) is 5.45. The largest absolute Gasteiger partial charge is 0.325 e. The summed E-state index contributed by atoms with van der Waals surface area (Å²) >= 11 is 4.89. The van der Waals surface area contributed by atoms with Gasteiger partial charge in [-0.25, -0.2) is 4.98 Å². The molecular weight excluding hydrogens is 530 g/mol. The summed E-state index contributed by atoms with van der Waals surface area (Å²) in [6.07, 6.45) is 3.44. The first-order chi connectivity index (χ1) is 16.6. The van der Waals surface area contributed by atoms with E-state index in [1.807, 2.05) is 43.5 Å². The van der Waals surface area contributed by atoms with Gasteiger partial charge < -0.3 is 10.2 Å². The number of rotatable bonds is 6. The molecule has 1 N–H and O–H groups in total. The summed E-state index contributed by atoms with van der Waals surface area (Å²) in [4.78, 5) is 46.3. The zero-order chi connectivity index (χ0) is 25.1. The average Bonchev–Trinajstić information content (AvgIpc) is 3.18. The second-order valence-electron chi connectivity index (χ2n) is 9.60. The number of carbonyl (C=O) groups excluding carboxylic acids is 3. The van der Waals surface area contributed by atoms with Crippen LogP contribution in [0.2, 0.25) is 0 Å². The molecule has 0 bridgehead atoms. The maximum absolute atomic E-state index is 13.7. The molecule has 2 aliphatic rings. The zero-order valence-corrected chi connectivity index (χ0v) is 22.4. The molecule has 0 unspecified atom stereocenters. The van der Waals surface area contributed by atoms with E-state index in [1.165, 1.54) is 6.92 Å². The number of aryl methyl sites for hydroxylation is 1. The number of halogens is 1. The van der Waals surface area contributed by atoms with Crippen molar-refractivity contribution in [1.82, 2.24) is 19.7 Å². The third-order valence-electron chi connectivity index (χ3n) is 7.10. The molecule has 3 aromatic rings. The summed E-state index contributed by atoms with van der Waals surface area (Å²) in [7, 11) is 0. The molecule has 8 nitrogen and oxygen atoms in total. The van der Waals surface area contributed by atoms with E-state index in [9.17, 15) is 14.4 Å². The third kappa shape index (κ3) is 4.16. The van der Waals surface area contributed by atoms with Crippen molar-refractivity contribution in [1.29, 1.82) is 0 Å². The number of fused-ring (bicyclic) bond motifs is 2. The Hall–Kier alpha value is -2.72. The van der Waals surface area contributed by atoms with E-state index in [4.69, 9.17) is 0 Å². The number of amides is 2.